The van der Waals surface area contributed by atoms with Crippen LogP contribution in [0.4, 0.5) is 5.69 Å². The number of amides is 1. The molecule has 2 aliphatic rings. The Kier molecular flexibility index (Phi) is 6.42. The Labute approximate surface area is 197 Å². The molecule has 2 aromatic carbocycles. The molecule has 0 radical (unpaired) electrons. The first-order chi connectivity index (χ1) is 15.8. The van der Waals surface area contributed by atoms with Gasteiger partial charge < -0.3 is 19.7 Å². The van der Waals surface area contributed by atoms with Crippen LogP contribution in [0.2, 0.25) is 0 Å². The van der Waals surface area contributed by atoms with Gasteiger partial charge in [-0.05, 0) is 48.7 Å². The summed E-state index contributed by atoms with van der Waals surface area (Å²) in [5.74, 6) is 1.57. The first kappa shape index (κ1) is 23.2. The van der Waals surface area contributed by atoms with E-state index in [9.17, 15) is 4.79 Å². The van der Waals surface area contributed by atoms with E-state index in [2.05, 4.69) is 68.3 Å². The summed E-state index contributed by atoms with van der Waals surface area (Å²) in [5, 5.41) is 3.34. The van der Waals surface area contributed by atoms with Gasteiger partial charge in [-0.3, -0.25) is 4.79 Å². The van der Waals surface area contributed by atoms with Crippen molar-refractivity contribution in [3.63, 3.8) is 0 Å². The summed E-state index contributed by atoms with van der Waals surface area (Å²) in [5.41, 5.74) is 3.77. The second-order valence-electron chi connectivity index (χ2n) is 9.66. The summed E-state index contributed by atoms with van der Waals surface area (Å²) in [6.45, 7) is 10.1. The molecule has 4 rings (SSSR count). The molecule has 0 spiro atoms. The highest BCUT2D eigenvalue weighted by Gasteiger charge is 2.57. The van der Waals surface area contributed by atoms with E-state index in [-0.39, 0.29) is 11.3 Å². The minimum Gasteiger partial charge on any atom is -0.493 e. The predicted octanol–water partition coefficient (Wildman–Crippen LogP) is 5.60. The van der Waals surface area contributed by atoms with Gasteiger partial charge in [0.05, 0.1) is 13.7 Å². The molecule has 0 aliphatic carbocycles. The number of rotatable bonds is 8. The molecule has 33 heavy (non-hydrogen) atoms. The van der Waals surface area contributed by atoms with Crippen LogP contribution in [0.3, 0.4) is 0 Å². The van der Waals surface area contributed by atoms with Crippen molar-refractivity contribution in [3.05, 3.63) is 59.2 Å². The van der Waals surface area contributed by atoms with Crippen molar-refractivity contribution in [2.45, 2.75) is 64.5 Å². The topological polar surface area (TPSA) is 50.8 Å². The number of hydrogen-bond donors (Lipinski definition) is 1. The van der Waals surface area contributed by atoms with Gasteiger partial charge in [-0.15, -0.1) is 0 Å². The molecule has 1 atom stereocenters. The molecule has 5 nitrogen and oxygen atoms in total. The number of nitrogens with zero attached hydrogens (tertiary/aromatic N) is 1. The van der Waals surface area contributed by atoms with Crippen LogP contribution in [0.15, 0.2) is 42.5 Å². The van der Waals surface area contributed by atoms with Gasteiger partial charge in [0.25, 0.3) is 0 Å². The Bertz CT molecular complexity index is 1060. The normalized spacial score (nSPS) is 21.0. The largest absolute Gasteiger partial charge is 0.493 e. The van der Waals surface area contributed by atoms with Crippen molar-refractivity contribution in [1.29, 1.82) is 0 Å². The van der Waals surface area contributed by atoms with Crippen LogP contribution >= 0.6 is 0 Å². The van der Waals surface area contributed by atoms with Gasteiger partial charge in [-0.1, -0.05) is 63.5 Å². The Balaban J connectivity index is 1.66. The van der Waals surface area contributed by atoms with E-state index in [0.717, 1.165) is 29.9 Å². The van der Waals surface area contributed by atoms with Crippen molar-refractivity contribution < 1.29 is 14.3 Å². The van der Waals surface area contributed by atoms with E-state index >= 15 is 0 Å². The molecular weight excluding hydrogens is 412 g/mol. The molecule has 176 valence electrons. The molecule has 0 aromatic heterocycles. The van der Waals surface area contributed by atoms with E-state index in [1.54, 1.807) is 7.11 Å². The van der Waals surface area contributed by atoms with E-state index in [1.165, 1.54) is 23.2 Å². The van der Waals surface area contributed by atoms with Crippen LogP contribution in [0.1, 0.15) is 63.1 Å². The monoisotopic (exact) mass is 448 g/mol. The van der Waals surface area contributed by atoms with E-state index in [1.807, 2.05) is 18.2 Å². The molecule has 0 bridgehead atoms. The van der Waals surface area contributed by atoms with Gasteiger partial charge in [0.1, 0.15) is 5.66 Å². The van der Waals surface area contributed by atoms with Crippen LogP contribution < -0.4 is 19.7 Å². The standard InChI is InChI=1S/C28H36N2O3/c1-6-7-8-17-33-24-12-10-21(19-25(24)32-5)13-15-28-27(3,4)22-18-20(2)9-11-23(22)30(28)16-14-26(31)29-28/h9-13,15,18-19H,6-8,14,16-17H2,1-5H3,(H,29,31). The highest BCUT2D eigenvalue weighted by Crippen LogP contribution is 2.52. The summed E-state index contributed by atoms with van der Waals surface area (Å²) >= 11 is 0. The molecule has 1 saturated heterocycles. The SMILES string of the molecule is CCCCCOc1ccc(C=CC23NC(=O)CCN2c2ccc(C)cc2C3(C)C)cc1OC. The first-order valence-electron chi connectivity index (χ1n) is 12.0. The van der Waals surface area contributed by atoms with Crippen molar-refractivity contribution in [1.82, 2.24) is 5.32 Å². The molecule has 1 N–H and O–H groups in total. The molecule has 1 unspecified atom stereocenters. The van der Waals surface area contributed by atoms with E-state index < -0.39 is 5.66 Å². The van der Waals surface area contributed by atoms with Crippen molar-refractivity contribution in [2.24, 2.45) is 0 Å². The maximum atomic E-state index is 12.6. The third-order valence-corrected chi connectivity index (χ3v) is 7.10. The lowest BCUT2D eigenvalue weighted by Gasteiger charge is -2.49. The summed E-state index contributed by atoms with van der Waals surface area (Å²) in [6, 6.07) is 12.6. The predicted molar refractivity (Wildman–Crippen MR) is 134 cm³/mol. The van der Waals surface area contributed by atoms with Crippen molar-refractivity contribution >= 4 is 17.7 Å². The number of aryl methyl sites for hydroxylation is 1. The summed E-state index contributed by atoms with van der Waals surface area (Å²) in [4.78, 5) is 15.0. The number of ether oxygens (including phenoxy) is 2. The highest BCUT2D eigenvalue weighted by atomic mass is 16.5. The zero-order valence-corrected chi connectivity index (χ0v) is 20.5. The first-order valence-corrected chi connectivity index (χ1v) is 12.0. The van der Waals surface area contributed by atoms with Crippen LogP contribution in [0.5, 0.6) is 11.5 Å². The number of benzene rings is 2. The Morgan fingerprint density at radius 1 is 1.12 bits per heavy atom. The molecule has 1 amide bonds. The maximum absolute atomic E-state index is 12.6. The minimum absolute atomic E-state index is 0.0851. The quantitative estimate of drug-likeness (QED) is 0.534. The Morgan fingerprint density at radius 3 is 2.70 bits per heavy atom. The summed E-state index contributed by atoms with van der Waals surface area (Å²) in [6.07, 6.45) is 8.09. The Morgan fingerprint density at radius 2 is 1.94 bits per heavy atom. The third kappa shape index (κ3) is 4.09. The number of anilines is 1. The van der Waals surface area contributed by atoms with Gasteiger partial charge in [0.2, 0.25) is 5.91 Å². The summed E-state index contributed by atoms with van der Waals surface area (Å²) in [7, 11) is 1.67. The van der Waals surface area contributed by atoms with Gasteiger partial charge in [-0.25, -0.2) is 0 Å². The smallest absolute Gasteiger partial charge is 0.223 e. The average Bonchev–Trinajstić information content (AvgIpc) is 2.98. The fourth-order valence-electron chi connectivity index (χ4n) is 5.13. The van der Waals surface area contributed by atoms with Gasteiger partial charge >= 0.3 is 0 Å². The molecule has 0 saturated carbocycles. The second-order valence-corrected chi connectivity index (χ2v) is 9.66. The molecule has 2 aliphatic heterocycles. The number of carbonyl (C=O) groups is 1. The van der Waals surface area contributed by atoms with E-state index in [0.29, 0.717) is 19.6 Å². The maximum Gasteiger partial charge on any atom is 0.223 e. The number of unbranched alkanes of at least 4 members (excludes halogenated alkanes) is 2. The van der Waals surface area contributed by atoms with Crippen LogP contribution in [0.25, 0.3) is 6.08 Å². The van der Waals surface area contributed by atoms with Crippen molar-refractivity contribution in [3.8, 4) is 11.5 Å². The van der Waals surface area contributed by atoms with Crippen LogP contribution in [0, 0.1) is 6.92 Å². The third-order valence-electron chi connectivity index (χ3n) is 7.10. The number of carbonyl (C=O) groups excluding carboxylic acids is 1. The zero-order chi connectivity index (χ0) is 23.6. The number of hydrogen-bond acceptors (Lipinski definition) is 4. The Hall–Kier alpha value is -2.95. The van der Waals surface area contributed by atoms with Gasteiger partial charge in [0, 0.05) is 24.1 Å². The second kappa shape index (κ2) is 9.12. The average molecular weight is 449 g/mol. The molecular formula is C28H36N2O3. The van der Waals surface area contributed by atoms with E-state index in [4.69, 9.17) is 9.47 Å². The number of nitrogens with one attached hydrogen (secondary N) is 1. The number of fused-ring (bicyclic) bond motifs is 3. The van der Waals surface area contributed by atoms with Crippen molar-refractivity contribution in [2.75, 3.05) is 25.2 Å². The fraction of sp³-hybridized carbons (Fsp3) is 0.464. The highest BCUT2D eigenvalue weighted by molar-refractivity contribution is 5.84. The molecule has 2 heterocycles. The molecule has 2 aromatic rings. The lowest BCUT2D eigenvalue weighted by atomic mass is 9.74. The van der Waals surface area contributed by atoms with Gasteiger partial charge in [0.15, 0.2) is 11.5 Å². The summed E-state index contributed by atoms with van der Waals surface area (Å²) < 4.78 is 11.5. The number of methoxy groups -OCH3 is 1. The lowest BCUT2D eigenvalue weighted by molar-refractivity contribution is -0.124. The van der Waals surface area contributed by atoms with Gasteiger partial charge in [-0.2, -0.15) is 0 Å². The fourth-order valence-corrected chi connectivity index (χ4v) is 5.13. The minimum atomic E-state index is -0.624. The lowest BCUT2D eigenvalue weighted by Crippen LogP contribution is -2.68. The molecule has 5 heteroatoms. The zero-order valence-electron chi connectivity index (χ0n) is 20.5. The molecule has 1 fully saturated rings. The van der Waals surface area contributed by atoms with Crippen LogP contribution in [-0.4, -0.2) is 31.8 Å². The van der Waals surface area contributed by atoms with Crippen LogP contribution in [-0.2, 0) is 10.2 Å².